The maximum atomic E-state index is 12.2. The van der Waals surface area contributed by atoms with Gasteiger partial charge in [-0.25, -0.2) is 13.9 Å². The fourth-order valence-electron chi connectivity index (χ4n) is 3.49. The third-order valence-corrected chi connectivity index (χ3v) is 7.64. The first-order valence-corrected chi connectivity index (χ1v) is 12.3. The van der Waals surface area contributed by atoms with Gasteiger partial charge in [-0.15, -0.1) is 0 Å². The molecule has 3 unspecified atom stereocenters. The first kappa shape index (κ1) is 24.7. The molecule has 0 aliphatic carbocycles. The minimum Gasteiger partial charge on any atom is -0.491 e. The molecule has 0 fully saturated rings. The van der Waals surface area contributed by atoms with Crippen LogP contribution >= 0.6 is 0 Å². The number of carbonyl (C=O) groups is 1. The van der Waals surface area contributed by atoms with Gasteiger partial charge in [-0.2, -0.15) is 0 Å². The number of amides is 1. The molecule has 1 aliphatic heterocycles. The Bertz CT molecular complexity index is 1110. The Balaban J connectivity index is 1.66. The van der Waals surface area contributed by atoms with Crippen molar-refractivity contribution in [3.63, 3.8) is 0 Å². The molecule has 2 aromatic carbocycles. The summed E-state index contributed by atoms with van der Waals surface area (Å²) in [5, 5.41) is 22.4. The summed E-state index contributed by atoms with van der Waals surface area (Å²) in [6.45, 7) is 3.14. The SMILES string of the molecule is CC(O)COc1ccc(-c2ccc(C3=NOC(CC(C)(C(=O)NO)S(C)(=O)=O)C3)cc2)cc1. The number of nitrogens with one attached hydrogen (secondary N) is 1. The van der Waals surface area contributed by atoms with Crippen molar-refractivity contribution < 1.29 is 33.1 Å². The summed E-state index contributed by atoms with van der Waals surface area (Å²) in [4.78, 5) is 17.4. The predicted octanol–water partition coefficient (Wildman–Crippen LogP) is 2.30. The van der Waals surface area contributed by atoms with Gasteiger partial charge in [0.15, 0.2) is 14.6 Å². The molecule has 33 heavy (non-hydrogen) atoms. The Morgan fingerprint density at radius 1 is 1.18 bits per heavy atom. The quantitative estimate of drug-likeness (QED) is 0.373. The third kappa shape index (κ3) is 5.70. The predicted molar refractivity (Wildman–Crippen MR) is 123 cm³/mol. The van der Waals surface area contributed by atoms with Crippen LogP contribution in [0, 0.1) is 0 Å². The number of aliphatic hydroxyl groups is 1. The zero-order chi connectivity index (χ0) is 24.2. The highest BCUT2D eigenvalue weighted by atomic mass is 32.2. The topological polar surface area (TPSA) is 135 Å². The van der Waals surface area contributed by atoms with Crippen LogP contribution in [0.25, 0.3) is 11.1 Å². The van der Waals surface area contributed by atoms with E-state index >= 15 is 0 Å². The molecule has 0 bridgehead atoms. The summed E-state index contributed by atoms with van der Waals surface area (Å²) in [5.74, 6) is -0.329. The molecule has 0 saturated heterocycles. The average molecular weight is 477 g/mol. The van der Waals surface area contributed by atoms with E-state index < -0.39 is 32.7 Å². The van der Waals surface area contributed by atoms with E-state index in [9.17, 15) is 18.3 Å². The van der Waals surface area contributed by atoms with Crippen LogP contribution < -0.4 is 10.2 Å². The molecule has 3 rings (SSSR count). The lowest BCUT2D eigenvalue weighted by Gasteiger charge is -2.26. The number of sulfone groups is 1. The smallest absolute Gasteiger partial charge is 0.264 e. The summed E-state index contributed by atoms with van der Waals surface area (Å²) in [5.41, 5.74) is 4.89. The van der Waals surface area contributed by atoms with E-state index in [4.69, 9.17) is 14.8 Å². The van der Waals surface area contributed by atoms with E-state index in [2.05, 4.69) is 5.16 Å². The number of hydrogen-bond donors (Lipinski definition) is 3. The summed E-state index contributed by atoms with van der Waals surface area (Å²) in [7, 11) is -3.82. The minimum absolute atomic E-state index is 0.146. The number of ether oxygens (including phenoxy) is 1. The number of hydroxylamine groups is 1. The molecule has 9 nitrogen and oxygen atoms in total. The fourth-order valence-corrected chi connectivity index (χ4v) is 4.36. The normalized spacial score (nSPS) is 18.6. The Hall–Kier alpha value is -2.95. The van der Waals surface area contributed by atoms with Crippen molar-refractivity contribution in [2.24, 2.45) is 5.16 Å². The number of aliphatic hydroxyl groups excluding tert-OH is 1. The second-order valence-electron chi connectivity index (χ2n) is 8.38. The zero-order valence-electron chi connectivity index (χ0n) is 18.7. The summed E-state index contributed by atoms with van der Waals surface area (Å²) in [6.07, 6.45) is -0.0217. The van der Waals surface area contributed by atoms with Crippen LogP contribution in [0.4, 0.5) is 0 Å². The van der Waals surface area contributed by atoms with Gasteiger partial charge in [0.05, 0.1) is 11.8 Å². The minimum atomic E-state index is -3.82. The van der Waals surface area contributed by atoms with Crippen LogP contribution in [0.15, 0.2) is 53.7 Å². The molecular weight excluding hydrogens is 448 g/mol. The molecule has 3 N–H and O–H groups in total. The lowest BCUT2D eigenvalue weighted by atomic mass is 9.95. The molecule has 1 heterocycles. The van der Waals surface area contributed by atoms with Gasteiger partial charge < -0.3 is 14.7 Å². The second kappa shape index (κ2) is 9.90. The summed E-state index contributed by atoms with van der Waals surface area (Å²) in [6, 6.07) is 15.2. The van der Waals surface area contributed by atoms with Gasteiger partial charge in [0.1, 0.15) is 18.5 Å². The maximum absolute atomic E-state index is 12.2. The third-order valence-electron chi connectivity index (χ3n) is 5.65. The van der Waals surface area contributed by atoms with Crippen LogP contribution in [-0.4, -0.2) is 60.2 Å². The number of oxime groups is 1. The summed E-state index contributed by atoms with van der Waals surface area (Å²) >= 11 is 0. The molecule has 0 radical (unpaired) electrons. The first-order chi connectivity index (χ1) is 15.5. The molecule has 10 heteroatoms. The van der Waals surface area contributed by atoms with Crippen molar-refractivity contribution in [2.45, 2.75) is 43.6 Å². The van der Waals surface area contributed by atoms with Crippen molar-refractivity contribution in [3.8, 4) is 16.9 Å². The molecular formula is C23H28N2O7S. The lowest BCUT2D eigenvalue weighted by molar-refractivity contribution is -0.132. The van der Waals surface area contributed by atoms with Crippen molar-refractivity contribution >= 4 is 21.5 Å². The van der Waals surface area contributed by atoms with Crippen molar-refractivity contribution in [3.05, 3.63) is 54.1 Å². The zero-order valence-corrected chi connectivity index (χ0v) is 19.5. The molecule has 0 aromatic heterocycles. The molecule has 3 atom stereocenters. The average Bonchev–Trinajstić information content (AvgIpc) is 3.25. The highest BCUT2D eigenvalue weighted by molar-refractivity contribution is 7.92. The van der Waals surface area contributed by atoms with Gasteiger partial charge in [0, 0.05) is 19.1 Å². The first-order valence-electron chi connectivity index (χ1n) is 10.4. The molecule has 0 saturated carbocycles. The lowest BCUT2D eigenvalue weighted by Crippen LogP contribution is -2.51. The second-order valence-corrected chi connectivity index (χ2v) is 10.8. The van der Waals surface area contributed by atoms with Gasteiger partial charge >= 0.3 is 0 Å². The monoisotopic (exact) mass is 476 g/mol. The molecule has 2 aromatic rings. The standard InChI is InChI=1S/C23H28N2O7S/c1-15(26)14-31-19-10-8-17(9-11-19)16-4-6-18(7-5-16)21-12-20(32-25-21)13-23(2,22(27)24-28)33(3,29)30/h4-11,15,20,26,28H,12-14H2,1-3H3,(H,24,27). The van der Waals surface area contributed by atoms with Crippen LogP contribution in [-0.2, 0) is 19.5 Å². The summed E-state index contributed by atoms with van der Waals surface area (Å²) < 4.78 is 28.0. The fraction of sp³-hybridized carbons (Fsp3) is 0.391. The highest BCUT2D eigenvalue weighted by Crippen LogP contribution is 2.30. The molecule has 0 spiro atoms. The number of rotatable bonds is 9. The number of benzene rings is 2. The van der Waals surface area contributed by atoms with Crippen LogP contribution in [0.2, 0.25) is 0 Å². The number of nitrogens with zero attached hydrogens (tertiary/aromatic N) is 1. The van der Waals surface area contributed by atoms with E-state index in [1.165, 1.54) is 12.4 Å². The van der Waals surface area contributed by atoms with Crippen molar-refractivity contribution in [1.82, 2.24) is 5.48 Å². The van der Waals surface area contributed by atoms with Crippen LogP contribution in [0.5, 0.6) is 5.75 Å². The van der Waals surface area contributed by atoms with E-state index in [0.717, 1.165) is 22.9 Å². The number of hydrogen-bond acceptors (Lipinski definition) is 8. The van der Waals surface area contributed by atoms with Gasteiger partial charge in [0.2, 0.25) is 0 Å². The highest BCUT2D eigenvalue weighted by Gasteiger charge is 2.47. The van der Waals surface area contributed by atoms with Gasteiger partial charge in [-0.05, 0) is 42.7 Å². The largest absolute Gasteiger partial charge is 0.491 e. The number of carbonyl (C=O) groups excluding carboxylic acids is 1. The van der Waals surface area contributed by atoms with Crippen molar-refractivity contribution in [1.29, 1.82) is 0 Å². The Morgan fingerprint density at radius 3 is 2.24 bits per heavy atom. The molecule has 178 valence electrons. The maximum Gasteiger partial charge on any atom is 0.264 e. The Morgan fingerprint density at radius 2 is 1.73 bits per heavy atom. The van der Waals surface area contributed by atoms with Gasteiger partial charge in [-0.3, -0.25) is 10.0 Å². The Kier molecular flexibility index (Phi) is 7.41. The molecule has 1 amide bonds. The molecule has 1 aliphatic rings. The van der Waals surface area contributed by atoms with E-state index in [-0.39, 0.29) is 13.0 Å². The van der Waals surface area contributed by atoms with Crippen LogP contribution in [0.3, 0.4) is 0 Å². The van der Waals surface area contributed by atoms with Crippen LogP contribution in [0.1, 0.15) is 32.3 Å². The van der Waals surface area contributed by atoms with Crippen molar-refractivity contribution in [2.75, 3.05) is 12.9 Å². The van der Waals surface area contributed by atoms with E-state index in [1.807, 2.05) is 48.5 Å². The van der Waals surface area contributed by atoms with E-state index in [0.29, 0.717) is 17.9 Å². The van der Waals surface area contributed by atoms with Gasteiger partial charge in [-0.1, -0.05) is 41.6 Å². The Labute approximate surface area is 192 Å². The van der Waals surface area contributed by atoms with Gasteiger partial charge in [0.25, 0.3) is 5.91 Å². The van der Waals surface area contributed by atoms with E-state index in [1.54, 1.807) is 6.92 Å².